The molecule has 5 heteroatoms. The third-order valence-electron chi connectivity index (χ3n) is 3.51. The molecule has 0 saturated carbocycles. The van der Waals surface area contributed by atoms with Crippen molar-refractivity contribution in [3.63, 3.8) is 0 Å². The summed E-state index contributed by atoms with van der Waals surface area (Å²) in [5.41, 5.74) is 0. The number of nitrogens with zero attached hydrogens (tertiary/aromatic N) is 1. The van der Waals surface area contributed by atoms with Crippen molar-refractivity contribution in [3.8, 4) is 0 Å². The van der Waals surface area contributed by atoms with Gasteiger partial charge >= 0.3 is 6.09 Å². The number of ether oxygens (including phenoxy) is 1. The zero-order valence-corrected chi connectivity index (χ0v) is 14.2. The van der Waals surface area contributed by atoms with Crippen molar-refractivity contribution in [1.82, 2.24) is 10.2 Å². The van der Waals surface area contributed by atoms with Gasteiger partial charge < -0.3 is 15.0 Å². The van der Waals surface area contributed by atoms with E-state index in [1.54, 1.807) is 6.08 Å². The highest BCUT2D eigenvalue weighted by atomic mass is 16.5. The molecule has 0 aliphatic heterocycles. The molecule has 0 heterocycles. The number of amides is 2. The fraction of sp³-hybridized carbons (Fsp3) is 0.765. The van der Waals surface area contributed by atoms with Crippen molar-refractivity contribution >= 4 is 12.0 Å². The van der Waals surface area contributed by atoms with Crippen LogP contribution in [-0.4, -0.2) is 43.6 Å². The zero-order valence-electron chi connectivity index (χ0n) is 14.2. The average molecular weight is 312 g/mol. The molecule has 0 aromatic rings. The Balaban J connectivity index is 3.70. The van der Waals surface area contributed by atoms with E-state index in [1.807, 2.05) is 4.90 Å². The first-order valence-corrected chi connectivity index (χ1v) is 8.36. The van der Waals surface area contributed by atoms with Gasteiger partial charge in [-0.2, -0.15) is 0 Å². The summed E-state index contributed by atoms with van der Waals surface area (Å²) in [4.78, 5) is 24.9. The normalized spacial score (nSPS) is 10.1. The Morgan fingerprint density at radius 2 is 1.86 bits per heavy atom. The molecule has 0 fully saturated rings. The van der Waals surface area contributed by atoms with E-state index in [0.717, 1.165) is 51.5 Å². The molecule has 0 aliphatic carbocycles. The van der Waals surface area contributed by atoms with Gasteiger partial charge in [-0.05, 0) is 19.3 Å². The number of carbonyl (C=O) groups is 2. The quantitative estimate of drug-likeness (QED) is 0.418. The van der Waals surface area contributed by atoms with Crippen LogP contribution in [-0.2, 0) is 9.53 Å². The monoisotopic (exact) mass is 312 g/mol. The highest BCUT2D eigenvalue weighted by molar-refractivity contribution is 5.76. The molecule has 0 saturated heterocycles. The van der Waals surface area contributed by atoms with Gasteiger partial charge in [-0.25, -0.2) is 4.79 Å². The number of alkyl carbamates (subject to hydrolysis) is 1. The summed E-state index contributed by atoms with van der Waals surface area (Å²) in [7, 11) is 1.36. The maximum Gasteiger partial charge on any atom is 0.406 e. The number of methoxy groups -OCH3 is 1. The molecule has 22 heavy (non-hydrogen) atoms. The van der Waals surface area contributed by atoms with E-state index in [9.17, 15) is 9.59 Å². The van der Waals surface area contributed by atoms with Crippen molar-refractivity contribution in [2.75, 3.05) is 26.7 Å². The molecule has 0 radical (unpaired) electrons. The average Bonchev–Trinajstić information content (AvgIpc) is 2.52. The molecule has 128 valence electrons. The van der Waals surface area contributed by atoms with Gasteiger partial charge in [-0.1, -0.05) is 38.7 Å². The van der Waals surface area contributed by atoms with Crippen molar-refractivity contribution in [2.45, 2.75) is 58.3 Å². The summed E-state index contributed by atoms with van der Waals surface area (Å²) < 4.78 is 4.49. The molecule has 0 spiro atoms. The van der Waals surface area contributed by atoms with Crippen LogP contribution in [0.15, 0.2) is 12.7 Å². The lowest BCUT2D eigenvalue weighted by atomic mass is 10.1. The van der Waals surface area contributed by atoms with E-state index in [-0.39, 0.29) is 12.0 Å². The first kappa shape index (κ1) is 20.5. The number of hydrogen-bond acceptors (Lipinski definition) is 3. The number of rotatable bonds is 13. The van der Waals surface area contributed by atoms with Crippen LogP contribution in [0.25, 0.3) is 0 Å². The molecule has 5 nitrogen and oxygen atoms in total. The van der Waals surface area contributed by atoms with Gasteiger partial charge in [0.25, 0.3) is 0 Å². The van der Waals surface area contributed by atoms with Crippen LogP contribution >= 0.6 is 0 Å². The molecule has 1 N–H and O–H groups in total. The first-order valence-electron chi connectivity index (χ1n) is 8.36. The zero-order chi connectivity index (χ0) is 16.6. The molecule has 0 aromatic carbocycles. The molecular formula is C17H32N2O3. The number of nitrogens with one attached hydrogen (secondary N) is 1. The SMILES string of the molecule is C=CCN(CCCCC)C(=O)CCCCCCNC(=O)OC. The maximum atomic E-state index is 12.1. The largest absolute Gasteiger partial charge is 0.453 e. The van der Waals surface area contributed by atoms with Gasteiger partial charge in [0, 0.05) is 26.1 Å². The highest BCUT2D eigenvalue weighted by Gasteiger charge is 2.10. The van der Waals surface area contributed by atoms with Gasteiger partial charge in [0.15, 0.2) is 0 Å². The van der Waals surface area contributed by atoms with Crippen LogP contribution in [0.2, 0.25) is 0 Å². The van der Waals surface area contributed by atoms with Gasteiger partial charge in [-0.15, -0.1) is 6.58 Å². The minimum absolute atomic E-state index is 0.226. The Hall–Kier alpha value is -1.52. The van der Waals surface area contributed by atoms with Crippen LogP contribution < -0.4 is 5.32 Å². The topological polar surface area (TPSA) is 58.6 Å². The Morgan fingerprint density at radius 1 is 1.14 bits per heavy atom. The summed E-state index contributed by atoms with van der Waals surface area (Å²) in [6, 6.07) is 0. The number of hydrogen-bond donors (Lipinski definition) is 1. The Bertz CT molecular complexity index is 319. The second-order valence-corrected chi connectivity index (χ2v) is 5.42. The van der Waals surface area contributed by atoms with Crippen LogP contribution in [0.4, 0.5) is 4.79 Å². The van der Waals surface area contributed by atoms with Crippen LogP contribution in [0.3, 0.4) is 0 Å². The first-order chi connectivity index (χ1) is 10.7. The van der Waals surface area contributed by atoms with Crippen molar-refractivity contribution in [1.29, 1.82) is 0 Å². The lowest BCUT2D eigenvalue weighted by molar-refractivity contribution is -0.130. The van der Waals surface area contributed by atoms with E-state index in [1.165, 1.54) is 7.11 Å². The maximum absolute atomic E-state index is 12.1. The Kier molecular flexibility index (Phi) is 13.4. The molecule has 2 amide bonds. The second kappa shape index (κ2) is 14.4. The van der Waals surface area contributed by atoms with Crippen molar-refractivity contribution < 1.29 is 14.3 Å². The van der Waals surface area contributed by atoms with E-state index in [4.69, 9.17) is 0 Å². The standard InChI is InChI=1S/C17H32N2O3/c1-4-6-11-15-19(14-5-2)16(20)12-9-7-8-10-13-18-17(21)22-3/h5H,2,4,6-15H2,1,3H3,(H,18,21). The fourth-order valence-electron chi connectivity index (χ4n) is 2.20. The molecule has 0 aromatic heterocycles. The third kappa shape index (κ3) is 11.2. The molecule has 0 rings (SSSR count). The lowest BCUT2D eigenvalue weighted by Gasteiger charge is -2.21. The molecule has 0 bridgehead atoms. The number of carbonyl (C=O) groups excluding carboxylic acids is 2. The molecular weight excluding hydrogens is 280 g/mol. The summed E-state index contributed by atoms with van der Waals surface area (Å²) >= 11 is 0. The molecule has 0 unspecified atom stereocenters. The Labute approximate surface area is 135 Å². The minimum atomic E-state index is -0.387. The van der Waals surface area contributed by atoms with E-state index in [2.05, 4.69) is 23.6 Å². The molecule has 0 aliphatic rings. The summed E-state index contributed by atoms with van der Waals surface area (Å²) in [5, 5.41) is 2.65. The van der Waals surface area contributed by atoms with E-state index >= 15 is 0 Å². The summed E-state index contributed by atoms with van der Waals surface area (Å²) in [6.45, 7) is 7.99. The van der Waals surface area contributed by atoms with Crippen molar-refractivity contribution in [3.05, 3.63) is 12.7 Å². The predicted molar refractivity (Wildman–Crippen MR) is 89.8 cm³/mol. The summed E-state index contributed by atoms with van der Waals surface area (Å²) in [6.07, 6.45) is 9.22. The highest BCUT2D eigenvalue weighted by Crippen LogP contribution is 2.07. The smallest absolute Gasteiger partial charge is 0.406 e. The predicted octanol–water partition coefficient (Wildman–Crippen LogP) is 3.50. The van der Waals surface area contributed by atoms with Crippen LogP contribution in [0.1, 0.15) is 58.3 Å². The fourth-order valence-corrected chi connectivity index (χ4v) is 2.20. The van der Waals surface area contributed by atoms with E-state index < -0.39 is 0 Å². The van der Waals surface area contributed by atoms with Crippen molar-refractivity contribution in [2.24, 2.45) is 0 Å². The minimum Gasteiger partial charge on any atom is -0.453 e. The van der Waals surface area contributed by atoms with Crippen LogP contribution in [0, 0.1) is 0 Å². The van der Waals surface area contributed by atoms with Gasteiger partial charge in [0.1, 0.15) is 0 Å². The number of unbranched alkanes of at least 4 members (excludes halogenated alkanes) is 5. The van der Waals surface area contributed by atoms with Gasteiger partial charge in [0.2, 0.25) is 5.91 Å². The summed E-state index contributed by atoms with van der Waals surface area (Å²) in [5.74, 6) is 0.226. The van der Waals surface area contributed by atoms with E-state index in [0.29, 0.717) is 19.5 Å². The lowest BCUT2D eigenvalue weighted by Crippen LogP contribution is -2.31. The van der Waals surface area contributed by atoms with Gasteiger partial charge in [-0.3, -0.25) is 4.79 Å². The second-order valence-electron chi connectivity index (χ2n) is 5.42. The Morgan fingerprint density at radius 3 is 2.50 bits per heavy atom. The van der Waals surface area contributed by atoms with Crippen LogP contribution in [0.5, 0.6) is 0 Å². The van der Waals surface area contributed by atoms with Gasteiger partial charge in [0.05, 0.1) is 7.11 Å². The molecule has 0 atom stereocenters. The third-order valence-corrected chi connectivity index (χ3v) is 3.51.